The Balaban J connectivity index is 1.87. The van der Waals surface area contributed by atoms with Gasteiger partial charge in [-0.2, -0.15) is 0 Å². The van der Waals surface area contributed by atoms with E-state index in [1.807, 2.05) is 0 Å². The quantitative estimate of drug-likeness (QED) is 0.775. The van der Waals surface area contributed by atoms with E-state index in [0.717, 1.165) is 25.6 Å². The number of likely N-dealkylation sites (N-methyl/N-ethyl adjacent to an activating group) is 1. The fraction of sp³-hybridized carbons (Fsp3) is 1.00. The Morgan fingerprint density at radius 3 is 2.88 bits per heavy atom. The van der Waals surface area contributed by atoms with Crippen LogP contribution in [-0.2, 0) is 4.74 Å². The smallest absolute Gasteiger partial charge is 0.0855 e. The maximum atomic E-state index is 6.40. The van der Waals surface area contributed by atoms with Crippen molar-refractivity contribution >= 4 is 0 Å². The second kappa shape index (κ2) is 5.48. The minimum absolute atomic E-state index is 0.241. The number of nitrogens with two attached hydrogens (primary N) is 1. The summed E-state index contributed by atoms with van der Waals surface area (Å²) < 4.78 is 5.83. The standard InChI is InChI=1S/C13H26N2O/c1-10-4-3-5-11(8-10)13(14)12-9-15(2)6-7-16-12/h10-13H,3-9,14H2,1-2H3. The monoisotopic (exact) mass is 226 g/mol. The Morgan fingerprint density at radius 2 is 2.19 bits per heavy atom. The molecular weight excluding hydrogens is 200 g/mol. The number of hydrogen-bond donors (Lipinski definition) is 1. The molecule has 0 aromatic carbocycles. The second-order valence-electron chi connectivity index (χ2n) is 5.78. The molecule has 1 aliphatic carbocycles. The third kappa shape index (κ3) is 2.96. The summed E-state index contributed by atoms with van der Waals surface area (Å²) in [4.78, 5) is 2.33. The van der Waals surface area contributed by atoms with Gasteiger partial charge in [-0.05, 0) is 31.7 Å². The van der Waals surface area contributed by atoms with Crippen LogP contribution >= 0.6 is 0 Å². The molecule has 0 amide bonds. The predicted octanol–water partition coefficient (Wildman–Crippen LogP) is 1.47. The number of morpholine rings is 1. The van der Waals surface area contributed by atoms with E-state index in [0.29, 0.717) is 5.92 Å². The maximum Gasteiger partial charge on any atom is 0.0855 e. The molecule has 3 heteroatoms. The zero-order valence-electron chi connectivity index (χ0n) is 10.7. The largest absolute Gasteiger partial charge is 0.374 e. The zero-order chi connectivity index (χ0) is 11.5. The molecule has 2 rings (SSSR count). The molecule has 1 saturated carbocycles. The number of rotatable bonds is 2. The van der Waals surface area contributed by atoms with Crippen LogP contribution in [0.25, 0.3) is 0 Å². The van der Waals surface area contributed by atoms with Crippen LogP contribution in [0.4, 0.5) is 0 Å². The molecule has 1 aliphatic heterocycles. The van der Waals surface area contributed by atoms with Crippen molar-refractivity contribution in [3.8, 4) is 0 Å². The minimum Gasteiger partial charge on any atom is -0.374 e. The molecule has 1 saturated heterocycles. The Kier molecular flexibility index (Phi) is 4.22. The summed E-state index contributed by atoms with van der Waals surface area (Å²) in [6.45, 7) is 5.25. The minimum atomic E-state index is 0.241. The lowest BCUT2D eigenvalue weighted by molar-refractivity contribution is -0.0458. The molecule has 94 valence electrons. The van der Waals surface area contributed by atoms with Crippen molar-refractivity contribution in [2.75, 3.05) is 26.7 Å². The van der Waals surface area contributed by atoms with Gasteiger partial charge in [0.25, 0.3) is 0 Å². The van der Waals surface area contributed by atoms with Gasteiger partial charge in [0.1, 0.15) is 0 Å². The van der Waals surface area contributed by atoms with Gasteiger partial charge in [0.05, 0.1) is 12.7 Å². The molecule has 4 unspecified atom stereocenters. The van der Waals surface area contributed by atoms with Crippen molar-refractivity contribution in [3.63, 3.8) is 0 Å². The lowest BCUT2D eigenvalue weighted by Crippen LogP contribution is -2.52. The van der Waals surface area contributed by atoms with E-state index in [-0.39, 0.29) is 12.1 Å². The van der Waals surface area contributed by atoms with Crippen LogP contribution in [0.5, 0.6) is 0 Å². The van der Waals surface area contributed by atoms with Gasteiger partial charge in [-0.15, -0.1) is 0 Å². The first-order valence-corrected chi connectivity index (χ1v) is 6.72. The Bertz CT molecular complexity index is 200. The SMILES string of the molecule is CC1CCCC(C(N)C2CN(C)CCO2)C1. The molecule has 16 heavy (non-hydrogen) atoms. The summed E-state index contributed by atoms with van der Waals surface area (Å²) in [5, 5.41) is 0. The van der Waals surface area contributed by atoms with Crippen molar-refractivity contribution in [1.29, 1.82) is 0 Å². The highest BCUT2D eigenvalue weighted by Gasteiger charge is 2.32. The highest BCUT2D eigenvalue weighted by Crippen LogP contribution is 2.31. The predicted molar refractivity (Wildman–Crippen MR) is 66.3 cm³/mol. The zero-order valence-corrected chi connectivity index (χ0v) is 10.7. The first-order valence-electron chi connectivity index (χ1n) is 6.72. The van der Waals surface area contributed by atoms with E-state index in [9.17, 15) is 0 Å². The van der Waals surface area contributed by atoms with Gasteiger partial charge in [0.15, 0.2) is 0 Å². The maximum absolute atomic E-state index is 6.40. The molecule has 1 heterocycles. The summed E-state index contributed by atoms with van der Waals surface area (Å²) in [5.74, 6) is 1.53. The van der Waals surface area contributed by atoms with Gasteiger partial charge >= 0.3 is 0 Å². The first-order chi connectivity index (χ1) is 7.66. The van der Waals surface area contributed by atoms with E-state index in [1.54, 1.807) is 0 Å². The number of nitrogens with zero attached hydrogens (tertiary/aromatic N) is 1. The fourth-order valence-electron chi connectivity index (χ4n) is 3.18. The third-order valence-electron chi connectivity index (χ3n) is 4.25. The van der Waals surface area contributed by atoms with Crippen molar-refractivity contribution < 1.29 is 4.74 Å². The second-order valence-corrected chi connectivity index (χ2v) is 5.78. The van der Waals surface area contributed by atoms with Crippen LogP contribution in [0.15, 0.2) is 0 Å². The Hall–Kier alpha value is -0.120. The molecule has 3 nitrogen and oxygen atoms in total. The molecule has 2 N–H and O–H groups in total. The topological polar surface area (TPSA) is 38.5 Å². The number of ether oxygens (including phenoxy) is 1. The van der Waals surface area contributed by atoms with Crippen LogP contribution < -0.4 is 5.73 Å². The van der Waals surface area contributed by atoms with Crippen LogP contribution in [0.3, 0.4) is 0 Å². The molecule has 0 bridgehead atoms. The number of hydrogen-bond acceptors (Lipinski definition) is 3. The van der Waals surface area contributed by atoms with Crippen LogP contribution in [-0.4, -0.2) is 43.8 Å². The van der Waals surface area contributed by atoms with Gasteiger partial charge in [-0.1, -0.05) is 19.8 Å². The van der Waals surface area contributed by atoms with Gasteiger partial charge in [0, 0.05) is 19.1 Å². The first kappa shape index (κ1) is 12.3. The molecule has 0 spiro atoms. The molecule has 0 radical (unpaired) electrons. The van der Waals surface area contributed by atoms with Gasteiger partial charge in [0.2, 0.25) is 0 Å². The van der Waals surface area contributed by atoms with E-state index in [2.05, 4.69) is 18.9 Å². The van der Waals surface area contributed by atoms with Crippen molar-refractivity contribution in [1.82, 2.24) is 4.90 Å². The summed E-state index contributed by atoms with van der Waals surface area (Å²) in [5.41, 5.74) is 6.40. The molecule has 2 fully saturated rings. The van der Waals surface area contributed by atoms with Crippen molar-refractivity contribution in [3.05, 3.63) is 0 Å². The molecule has 0 aromatic heterocycles. The summed E-state index contributed by atoms with van der Waals surface area (Å²) in [6, 6.07) is 0.241. The van der Waals surface area contributed by atoms with E-state index in [1.165, 1.54) is 25.7 Å². The molecule has 4 atom stereocenters. The van der Waals surface area contributed by atoms with Crippen LogP contribution in [0.1, 0.15) is 32.6 Å². The molecular formula is C13H26N2O. The average molecular weight is 226 g/mol. The molecule has 0 aromatic rings. The van der Waals surface area contributed by atoms with Gasteiger partial charge < -0.3 is 15.4 Å². The van der Waals surface area contributed by atoms with Crippen LogP contribution in [0, 0.1) is 11.8 Å². The van der Waals surface area contributed by atoms with E-state index < -0.39 is 0 Å². The highest BCUT2D eigenvalue weighted by molar-refractivity contribution is 4.87. The van der Waals surface area contributed by atoms with Gasteiger partial charge in [-0.3, -0.25) is 0 Å². The van der Waals surface area contributed by atoms with Crippen molar-refractivity contribution in [2.45, 2.75) is 44.8 Å². The summed E-state index contributed by atoms with van der Waals surface area (Å²) in [7, 11) is 2.16. The Labute approximate surface area is 99.3 Å². The Morgan fingerprint density at radius 1 is 1.38 bits per heavy atom. The van der Waals surface area contributed by atoms with E-state index >= 15 is 0 Å². The summed E-state index contributed by atoms with van der Waals surface area (Å²) >= 11 is 0. The lowest BCUT2D eigenvalue weighted by Gasteiger charge is -2.39. The summed E-state index contributed by atoms with van der Waals surface area (Å²) in [6.07, 6.45) is 5.59. The third-order valence-corrected chi connectivity index (χ3v) is 4.25. The van der Waals surface area contributed by atoms with Crippen molar-refractivity contribution in [2.24, 2.45) is 17.6 Å². The highest BCUT2D eigenvalue weighted by atomic mass is 16.5. The normalized spacial score (nSPS) is 39.6. The van der Waals surface area contributed by atoms with Crippen LogP contribution in [0.2, 0.25) is 0 Å². The fourth-order valence-corrected chi connectivity index (χ4v) is 3.18. The molecule has 2 aliphatic rings. The van der Waals surface area contributed by atoms with Gasteiger partial charge in [-0.25, -0.2) is 0 Å². The lowest BCUT2D eigenvalue weighted by atomic mass is 9.77. The van der Waals surface area contributed by atoms with E-state index in [4.69, 9.17) is 10.5 Å². The average Bonchev–Trinajstić information content (AvgIpc) is 2.28.